The predicted octanol–water partition coefficient (Wildman–Crippen LogP) is 4.18. The smallest absolute Gasteiger partial charge is 0.227 e. The summed E-state index contributed by atoms with van der Waals surface area (Å²) in [5.41, 5.74) is 2.33. The molecular weight excluding hydrogens is 308 g/mol. The van der Waals surface area contributed by atoms with Gasteiger partial charge in [0.25, 0.3) is 0 Å². The van der Waals surface area contributed by atoms with Gasteiger partial charge >= 0.3 is 0 Å². The first-order chi connectivity index (χ1) is 12.3. The van der Waals surface area contributed by atoms with E-state index in [0.717, 1.165) is 31.5 Å². The molecule has 0 aliphatic carbocycles. The molecule has 25 heavy (non-hydrogen) atoms. The number of rotatable bonds is 3. The molecule has 4 rings (SSSR count). The van der Waals surface area contributed by atoms with Gasteiger partial charge in [-0.15, -0.1) is 0 Å². The van der Waals surface area contributed by atoms with Crippen LogP contribution in [-0.2, 0) is 11.2 Å². The Morgan fingerprint density at radius 2 is 1.96 bits per heavy atom. The Morgan fingerprint density at radius 1 is 1.08 bits per heavy atom. The van der Waals surface area contributed by atoms with Crippen LogP contribution in [0.5, 0.6) is 0 Å². The molecule has 3 nitrogen and oxygen atoms in total. The number of piperidine rings is 1. The van der Waals surface area contributed by atoms with Crippen LogP contribution < -0.4 is 0 Å². The molecule has 3 heteroatoms. The molecule has 0 spiro atoms. The van der Waals surface area contributed by atoms with E-state index in [2.05, 4.69) is 41.4 Å². The molecule has 2 heterocycles. The highest BCUT2D eigenvalue weighted by Crippen LogP contribution is 2.26. The SMILES string of the molecule is O=C(Cc1ccc2ccccc2c1)N1CCCC(c2cccnc2)C1. The lowest BCUT2D eigenvalue weighted by Crippen LogP contribution is -2.39. The van der Waals surface area contributed by atoms with Gasteiger partial charge in [0.2, 0.25) is 5.91 Å². The van der Waals surface area contributed by atoms with Gasteiger partial charge in [0.1, 0.15) is 0 Å². The second kappa shape index (κ2) is 7.06. The van der Waals surface area contributed by atoms with Crippen LogP contribution in [0.3, 0.4) is 0 Å². The zero-order valence-electron chi connectivity index (χ0n) is 14.3. The van der Waals surface area contributed by atoms with Crippen molar-refractivity contribution < 1.29 is 4.79 Å². The van der Waals surface area contributed by atoms with E-state index in [-0.39, 0.29) is 5.91 Å². The number of nitrogens with zero attached hydrogens (tertiary/aromatic N) is 2. The summed E-state index contributed by atoms with van der Waals surface area (Å²) in [5.74, 6) is 0.631. The first-order valence-electron chi connectivity index (χ1n) is 8.95. The van der Waals surface area contributed by atoms with Gasteiger partial charge in [-0.05, 0) is 40.8 Å². The Bertz CT molecular complexity index is 875. The number of carbonyl (C=O) groups excluding carboxylic acids is 1. The molecule has 1 amide bonds. The molecule has 0 saturated carbocycles. The molecule has 1 aromatic heterocycles. The minimum absolute atomic E-state index is 0.226. The van der Waals surface area contributed by atoms with Crippen molar-refractivity contribution in [2.75, 3.05) is 13.1 Å². The van der Waals surface area contributed by atoms with Crippen LogP contribution in [0.1, 0.15) is 29.9 Å². The van der Waals surface area contributed by atoms with Crippen LogP contribution in [0.15, 0.2) is 67.0 Å². The summed E-state index contributed by atoms with van der Waals surface area (Å²) in [7, 11) is 0. The summed E-state index contributed by atoms with van der Waals surface area (Å²) < 4.78 is 0. The average Bonchev–Trinajstić information content (AvgIpc) is 2.69. The Kier molecular flexibility index (Phi) is 4.47. The number of fused-ring (bicyclic) bond motifs is 1. The number of hydrogen-bond donors (Lipinski definition) is 0. The minimum Gasteiger partial charge on any atom is -0.342 e. The first-order valence-corrected chi connectivity index (χ1v) is 8.95. The van der Waals surface area contributed by atoms with Gasteiger partial charge in [-0.3, -0.25) is 9.78 Å². The van der Waals surface area contributed by atoms with Gasteiger partial charge in [0, 0.05) is 31.4 Å². The van der Waals surface area contributed by atoms with E-state index in [0.29, 0.717) is 12.3 Å². The van der Waals surface area contributed by atoms with E-state index >= 15 is 0 Å². The molecule has 0 radical (unpaired) electrons. The predicted molar refractivity (Wildman–Crippen MR) is 100 cm³/mol. The van der Waals surface area contributed by atoms with E-state index in [1.165, 1.54) is 16.3 Å². The quantitative estimate of drug-likeness (QED) is 0.722. The van der Waals surface area contributed by atoms with Crippen LogP contribution in [0.4, 0.5) is 0 Å². The lowest BCUT2D eigenvalue weighted by atomic mass is 9.91. The van der Waals surface area contributed by atoms with Gasteiger partial charge in [-0.25, -0.2) is 0 Å². The highest BCUT2D eigenvalue weighted by Gasteiger charge is 2.24. The molecule has 2 aromatic carbocycles. The van der Waals surface area contributed by atoms with E-state index in [4.69, 9.17) is 0 Å². The zero-order valence-corrected chi connectivity index (χ0v) is 14.3. The fourth-order valence-corrected chi connectivity index (χ4v) is 3.73. The number of amides is 1. The van der Waals surface area contributed by atoms with Crippen LogP contribution in [0.2, 0.25) is 0 Å². The lowest BCUT2D eigenvalue weighted by Gasteiger charge is -2.33. The molecule has 1 aliphatic heterocycles. The Balaban J connectivity index is 1.46. The number of benzene rings is 2. The third-order valence-corrected chi connectivity index (χ3v) is 5.10. The van der Waals surface area contributed by atoms with Gasteiger partial charge in [-0.1, -0.05) is 48.5 Å². The van der Waals surface area contributed by atoms with Crippen molar-refractivity contribution in [2.24, 2.45) is 0 Å². The highest BCUT2D eigenvalue weighted by atomic mass is 16.2. The summed E-state index contributed by atoms with van der Waals surface area (Å²) in [6.45, 7) is 1.67. The summed E-state index contributed by atoms with van der Waals surface area (Å²) in [4.78, 5) is 19.0. The van der Waals surface area contributed by atoms with Crippen LogP contribution >= 0.6 is 0 Å². The summed E-state index contributed by atoms with van der Waals surface area (Å²) in [6, 6.07) is 18.7. The van der Waals surface area contributed by atoms with Crippen molar-refractivity contribution in [3.05, 3.63) is 78.1 Å². The van der Waals surface area contributed by atoms with Gasteiger partial charge < -0.3 is 4.90 Å². The van der Waals surface area contributed by atoms with Gasteiger partial charge in [0.05, 0.1) is 6.42 Å². The number of pyridine rings is 1. The van der Waals surface area contributed by atoms with Crippen molar-refractivity contribution in [1.82, 2.24) is 9.88 Å². The Morgan fingerprint density at radius 3 is 2.80 bits per heavy atom. The Hall–Kier alpha value is -2.68. The van der Waals surface area contributed by atoms with E-state index in [1.54, 1.807) is 6.20 Å². The molecule has 1 unspecified atom stereocenters. The lowest BCUT2D eigenvalue weighted by molar-refractivity contribution is -0.131. The largest absolute Gasteiger partial charge is 0.342 e. The second-order valence-corrected chi connectivity index (χ2v) is 6.82. The molecular formula is C22H22N2O. The van der Waals surface area contributed by atoms with Gasteiger partial charge in [-0.2, -0.15) is 0 Å². The fraction of sp³-hybridized carbons (Fsp3) is 0.273. The molecule has 0 bridgehead atoms. The standard InChI is InChI=1S/C22H22N2O/c25-22(14-17-9-10-18-5-1-2-6-19(18)13-17)24-12-4-8-21(16-24)20-7-3-11-23-15-20/h1-3,5-7,9-11,13,15,21H,4,8,12,14,16H2. The normalized spacial score (nSPS) is 17.6. The fourth-order valence-electron chi connectivity index (χ4n) is 3.73. The van der Waals surface area contributed by atoms with E-state index < -0.39 is 0 Å². The maximum atomic E-state index is 12.8. The summed E-state index contributed by atoms with van der Waals surface area (Å²) in [6.07, 6.45) is 6.40. The van der Waals surface area contributed by atoms with Crippen molar-refractivity contribution >= 4 is 16.7 Å². The van der Waals surface area contributed by atoms with E-state index in [1.807, 2.05) is 29.3 Å². The molecule has 0 N–H and O–H groups in total. The second-order valence-electron chi connectivity index (χ2n) is 6.82. The molecule has 1 atom stereocenters. The zero-order chi connectivity index (χ0) is 17.1. The molecule has 1 fully saturated rings. The Labute approximate surface area is 148 Å². The maximum absolute atomic E-state index is 12.8. The molecule has 3 aromatic rings. The average molecular weight is 330 g/mol. The van der Waals surface area contributed by atoms with E-state index in [9.17, 15) is 4.79 Å². The van der Waals surface area contributed by atoms with Crippen molar-refractivity contribution in [2.45, 2.75) is 25.2 Å². The number of hydrogen-bond acceptors (Lipinski definition) is 2. The van der Waals surface area contributed by atoms with Crippen molar-refractivity contribution in [1.29, 1.82) is 0 Å². The van der Waals surface area contributed by atoms with Gasteiger partial charge in [0.15, 0.2) is 0 Å². The van der Waals surface area contributed by atoms with Crippen molar-refractivity contribution in [3.63, 3.8) is 0 Å². The van der Waals surface area contributed by atoms with Crippen LogP contribution in [0.25, 0.3) is 10.8 Å². The van der Waals surface area contributed by atoms with Crippen LogP contribution in [-0.4, -0.2) is 28.9 Å². The minimum atomic E-state index is 0.226. The third kappa shape index (κ3) is 3.55. The summed E-state index contributed by atoms with van der Waals surface area (Å²) in [5, 5.41) is 2.41. The number of likely N-dealkylation sites (tertiary alicyclic amines) is 1. The molecule has 126 valence electrons. The maximum Gasteiger partial charge on any atom is 0.227 e. The highest BCUT2D eigenvalue weighted by molar-refractivity contribution is 5.85. The third-order valence-electron chi connectivity index (χ3n) is 5.10. The van der Waals surface area contributed by atoms with Crippen LogP contribution in [0, 0.1) is 0 Å². The molecule has 1 aliphatic rings. The topological polar surface area (TPSA) is 33.2 Å². The first kappa shape index (κ1) is 15.8. The molecule has 1 saturated heterocycles. The number of carbonyl (C=O) groups is 1. The number of aromatic nitrogens is 1. The van der Waals surface area contributed by atoms with Crippen molar-refractivity contribution in [3.8, 4) is 0 Å². The summed E-state index contributed by atoms with van der Waals surface area (Å²) >= 11 is 0. The monoisotopic (exact) mass is 330 g/mol.